The summed E-state index contributed by atoms with van der Waals surface area (Å²) in [5.74, 6) is 0.978. The van der Waals surface area contributed by atoms with Gasteiger partial charge in [0.05, 0.1) is 11.3 Å². The van der Waals surface area contributed by atoms with Crippen LogP contribution in [-0.2, 0) is 6.18 Å². The highest BCUT2D eigenvalue weighted by molar-refractivity contribution is 9.10. The molecule has 0 unspecified atom stereocenters. The number of H-pyrrole nitrogens is 1. The first-order valence-electron chi connectivity index (χ1n) is 8.42. The van der Waals surface area contributed by atoms with Crippen LogP contribution in [-0.4, -0.2) is 9.97 Å². The number of imidazole rings is 1. The Morgan fingerprint density at radius 1 is 0.929 bits per heavy atom. The molecule has 7 heteroatoms. The van der Waals surface area contributed by atoms with E-state index < -0.39 is 11.7 Å². The van der Waals surface area contributed by atoms with Crippen molar-refractivity contribution in [1.82, 2.24) is 9.97 Å². The van der Waals surface area contributed by atoms with Gasteiger partial charge in [0, 0.05) is 21.3 Å². The molecule has 0 aliphatic rings. The van der Waals surface area contributed by atoms with Crippen molar-refractivity contribution in [1.29, 1.82) is 0 Å². The summed E-state index contributed by atoms with van der Waals surface area (Å²) in [6, 6.07) is 16.2. The van der Waals surface area contributed by atoms with Crippen molar-refractivity contribution in [3.63, 3.8) is 0 Å². The zero-order valence-corrected chi connectivity index (χ0v) is 16.2. The molecule has 4 aromatic rings. The second kappa shape index (κ2) is 6.98. The molecule has 0 saturated heterocycles. The number of halogens is 4. The van der Waals surface area contributed by atoms with Crippen molar-refractivity contribution in [3.8, 4) is 34.2 Å². The summed E-state index contributed by atoms with van der Waals surface area (Å²) in [5, 5.41) is 0. The summed E-state index contributed by atoms with van der Waals surface area (Å²) in [4.78, 5) is 7.72. The average molecular weight is 447 g/mol. The molecule has 0 aliphatic carbocycles. The number of aromatic amines is 1. The Kier molecular flexibility index (Phi) is 4.63. The van der Waals surface area contributed by atoms with Crippen LogP contribution < -0.4 is 0 Å². The van der Waals surface area contributed by atoms with E-state index in [9.17, 15) is 13.2 Å². The van der Waals surface area contributed by atoms with Crippen molar-refractivity contribution < 1.29 is 17.6 Å². The van der Waals surface area contributed by atoms with Gasteiger partial charge in [-0.1, -0.05) is 46.3 Å². The number of hydrogen-bond acceptors (Lipinski definition) is 2. The summed E-state index contributed by atoms with van der Waals surface area (Å²) in [5.41, 5.74) is 1.79. The van der Waals surface area contributed by atoms with Gasteiger partial charge in [-0.2, -0.15) is 13.2 Å². The van der Waals surface area contributed by atoms with E-state index in [2.05, 4.69) is 25.9 Å². The van der Waals surface area contributed by atoms with E-state index in [1.807, 2.05) is 31.2 Å². The van der Waals surface area contributed by atoms with Crippen LogP contribution in [0.2, 0.25) is 0 Å². The van der Waals surface area contributed by atoms with E-state index in [1.165, 1.54) is 18.2 Å². The molecule has 2 heterocycles. The number of nitrogens with zero attached hydrogens (tertiary/aromatic N) is 1. The Morgan fingerprint density at radius 2 is 1.61 bits per heavy atom. The molecule has 0 radical (unpaired) electrons. The fourth-order valence-corrected chi connectivity index (χ4v) is 3.29. The topological polar surface area (TPSA) is 41.8 Å². The van der Waals surface area contributed by atoms with Crippen LogP contribution in [0.5, 0.6) is 0 Å². The Hall–Kier alpha value is -2.80. The number of alkyl halides is 3. The highest BCUT2D eigenvalue weighted by Gasteiger charge is 2.34. The first kappa shape index (κ1) is 18.6. The van der Waals surface area contributed by atoms with Crippen molar-refractivity contribution in [2.75, 3.05) is 0 Å². The van der Waals surface area contributed by atoms with Gasteiger partial charge in [0.2, 0.25) is 0 Å². The maximum absolute atomic E-state index is 13.3. The quantitative estimate of drug-likeness (QED) is 0.364. The minimum atomic E-state index is -4.46. The van der Waals surface area contributed by atoms with Crippen molar-refractivity contribution in [3.05, 3.63) is 76.4 Å². The summed E-state index contributed by atoms with van der Waals surface area (Å²) in [7, 11) is 0. The van der Waals surface area contributed by atoms with E-state index in [0.29, 0.717) is 11.6 Å². The third kappa shape index (κ3) is 3.49. The molecule has 1 N–H and O–H groups in total. The van der Waals surface area contributed by atoms with Gasteiger partial charge in [0.25, 0.3) is 0 Å². The smallest absolute Gasteiger partial charge is 0.417 e. The van der Waals surface area contributed by atoms with E-state index >= 15 is 0 Å². The van der Waals surface area contributed by atoms with Crippen molar-refractivity contribution in [2.24, 2.45) is 0 Å². The third-order valence-electron chi connectivity index (χ3n) is 4.34. The zero-order chi connectivity index (χ0) is 19.9. The molecule has 0 bridgehead atoms. The summed E-state index contributed by atoms with van der Waals surface area (Å²) in [6.07, 6.45) is -4.46. The fourth-order valence-electron chi connectivity index (χ4n) is 3.02. The van der Waals surface area contributed by atoms with Gasteiger partial charge in [0.15, 0.2) is 11.6 Å². The number of aromatic nitrogens is 2. The van der Waals surface area contributed by atoms with E-state index in [4.69, 9.17) is 4.42 Å². The van der Waals surface area contributed by atoms with E-state index in [-0.39, 0.29) is 11.3 Å². The van der Waals surface area contributed by atoms with Gasteiger partial charge in [0.1, 0.15) is 5.76 Å². The molecule has 3 nitrogen and oxygen atoms in total. The second-order valence-corrected chi connectivity index (χ2v) is 7.19. The fraction of sp³-hybridized carbons (Fsp3) is 0.0952. The Bertz CT molecular complexity index is 1130. The standard InChI is InChI=1S/C21H14BrF3N2O/c1-12-19(13-6-8-14(22)9-7-13)27-20(26-12)18-11-10-17(28-18)15-4-2-3-5-16(15)21(23,24)25/h2-11H,1H3,(H,26,27). The normalized spacial score (nSPS) is 11.8. The molecule has 28 heavy (non-hydrogen) atoms. The predicted octanol–water partition coefficient (Wildman–Crippen LogP) is 7.09. The average Bonchev–Trinajstić information content (AvgIpc) is 3.29. The van der Waals surface area contributed by atoms with Crippen LogP contribution in [0.15, 0.2) is 69.6 Å². The largest absolute Gasteiger partial charge is 0.453 e. The Morgan fingerprint density at radius 3 is 2.32 bits per heavy atom. The summed E-state index contributed by atoms with van der Waals surface area (Å²) >= 11 is 3.40. The van der Waals surface area contributed by atoms with E-state index in [1.54, 1.807) is 12.1 Å². The molecule has 0 atom stereocenters. The van der Waals surface area contributed by atoms with Gasteiger partial charge in [-0.25, -0.2) is 4.98 Å². The monoisotopic (exact) mass is 446 g/mol. The highest BCUT2D eigenvalue weighted by atomic mass is 79.9. The third-order valence-corrected chi connectivity index (χ3v) is 4.87. The predicted molar refractivity (Wildman–Crippen MR) is 105 cm³/mol. The van der Waals surface area contributed by atoms with Crippen LogP contribution in [0.1, 0.15) is 11.3 Å². The SMILES string of the molecule is Cc1[nH]c(-c2ccc(-c3ccccc3C(F)(F)F)o2)nc1-c1ccc(Br)cc1. The van der Waals surface area contributed by atoms with Crippen molar-refractivity contribution >= 4 is 15.9 Å². The maximum Gasteiger partial charge on any atom is 0.417 e. The second-order valence-electron chi connectivity index (χ2n) is 6.27. The van der Waals surface area contributed by atoms with Crippen LogP contribution in [0.25, 0.3) is 34.2 Å². The number of aryl methyl sites for hydroxylation is 1. The molecular formula is C21H14BrF3N2O. The molecule has 4 rings (SSSR count). The van der Waals surface area contributed by atoms with Gasteiger partial charge >= 0.3 is 6.18 Å². The molecule has 0 aliphatic heterocycles. The molecule has 2 aromatic heterocycles. The number of benzene rings is 2. The van der Waals surface area contributed by atoms with Crippen LogP contribution in [0, 0.1) is 6.92 Å². The van der Waals surface area contributed by atoms with Gasteiger partial charge in [-0.05, 0) is 37.3 Å². The molecule has 142 valence electrons. The van der Waals surface area contributed by atoms with Crippen LogP contribution >= 0.6 is 15.9 Å². The first-order valence-corrected chi connectivity index (χ1v) is 9.21. The van der Waals surface area contributed by atoms with Crippen molar-refractivity contribution in [2.45, 2.75) is 13.1 Å². The summed E-state index contributed by atoms with van der Waals surface area (Å²) in [6.45, 7) is 1.89. The number of hydrogen-bond donors (Lipinski definition) is 1. The lowest BCUT2D eigenvalue weighted by molar-refractivity contribution is -0.137. The molecule has 0 spiro atoms. The molecule has 0 saturated carbocycles. The minimum absolute atomic E-state index is 0.00217. The lowest BCUT2D eigenvalue weighted by Crippen LogP contribution is -2.06. The van der Waals surface area contributed by atoms with Gasteiger partial charge in [-0.3, -0.25) is 0 Å². The van der Waals surface area contributed by atoms with Gasteiger partial charge < -0.3 is 9.40 Å². The molecule has 0 fully saturated rings. The highest BCUT2D eigenvalue weighted by Crippen LogP contribution is 2.38. The van der Waals surface area contributed by atoms with E-state index in [0.717, 1.165) is 27.5 Å². The molecule has 2 aromatic carbocycles. The minimum Gasteiger partial charge on any atom is -0.453 e. The maximum atomic E-state index is 13.3. The molecular weight excluding hydrogens is 433 g/mol. The Labute approximate surface area is 167 Å². The number of rotatable bonds is 3. The zero-order valence-electron chi connectivity index (χ0n) is 14.6. The van der Waals surface area contributed by atoms with Gasteiger partial charge in [-0.15, -0.1) is 0 Å². The lowest BCUT2D eigenvalue weighted by Gasteiger charge is -2.10. The number of furan rings is 1. The lowest BCUT2D eigenvalue weighted by atomic mass is 10.1. The summed E-state index contributed by atoms with van der Waals surface area (Å²) < 4.78 is 46.5. The van der Waals surface area contributed by atoms with Crippen LogP contribution in [0.4, 0.5) is 13.2 Å². The molecule has 0 amide bonds. The Balaban J connectivity index is 1.72. The number of nitrogens with one attached hydrogen (secondary N) is 1. The van der Waals surface area contributed by atoms with Crippen LogP contribution in [0.3, 0.4) is 0 Å². The first-order chi connectivity index (χ1) is 13.3.